The number of hydrogen-bond acceptors (Lipinski definition) is 4. The number of ether oxygens (including phenoxy) is 1. The van der Waals surface area contributed by atoms with E-state index in [0.717, 1.165) is 27.2 Å². The molecule has 0 atom stereocenters. The molecule has 0 amide bonds. The Hall–Kier alpha value is -2.02. The number of nitrogens with one attached hydrogen (secondary N) is 2. The summed E-state index contributed by atoms with van der Waals surface area (Å²) >= 11 is 3.47. The summed E-state index contributed by atoms with van der Waals surface area (Å²) in [6.45, 7) is 4.89. The van der Waals surface area contributed by atoms with Crippen LogP contribution in [0.25, 0.3) is 0 Å². The molecule has 0 aliphatic heterocycles. The summed E-state index contributed by atoms with van der Waals surface area (Å²) in [4.78, 5) is 8.53. The van der Waals surface area contributed by atoms with Gasteiger partial charge in [-0.05, 0) is 32.0 Å². The zero-order chi connectivity index (χ0) is 16.8. The molecule has 0 unspecified atom stereocenters. The lowest BCUT2D eigenvalue weighted by atomic mass is 10.2. The van der Waals surface area contributed by atoms with Crippen molar-refractivity contribution in [3.05, 3.63) is 45.6 Å². The average Bonchev–Trinajstić information content (AvgIpc) is 2.86. The number of hydrogen-bond donors (Lipinski definition) is 2. The normalized spacial score (nSPS) is 11.4. The van der Waals surface area contributed by atoms with E-state index in [2.05, 4.69) is 36.5 Å². The third kappa shape index (κ3) is 4.72. The van der Waals surface area contributed by atoms with Crippen LogP contribution in [0.1, 0.15) is 22.9 Å². The summed E-state index contributed by atoms with van der Waals surface area (Å²) in [5, 5.41) is 6.43. The summed E-state index contributed by atoms with van der Waals surface area (Å²) in [6, 6.07) is 5.89. The first-order chi connectivity index (χ1) is 11.0. The van der Waals surface area contributed by atoms with E-state index < -0.39 is 0 Å². The van der Waals surface area contributed by atoms with Crippen LogP contribution in [0.3, 0.4) is 0 Å². The number of rotatable bonds is 5. The van der Waals surface area contributed by atoms with Crippen molar-refractivity contribution in [1.29, 1.82) is 0 Å². The van der Waals surface area contributed by atoms with Gasteiger partial charge in [-0.3, -0.25) is 4.99 Å². The molecule has 6 nitrogen and oxygen atoms in total. The van der Waals surface area contributed by atoms with E-state index in [1.807, 2.05) is 32.0 Å². The van der Waals surface area contributed by atoms with Gasteiger partial charge in [0.2, 0.25) is 5.89 Å². The molecule has 0 bridgehead atoms. The van der Waals surface area contributed by atoms with Crippen molar-refractivity contribution in [3.8, 4) is 5.75 Å². The van der Waals surface area contributed by atoms with Gasteiger partial charge in [-0.15, -0.1) is 0 Å². The minimum atomic E-state index is 0.476. The first-order valence-corrected chi connectivity index (χ1v) is 8.02. The molecule has 1 aromatic heterocycles. The molecule has 2 N–H and O–H groups in total. The zero-order valence-electron chi connectivity index (χ0n) is 13.7. The highest BCUT2D eigenvalue weighted by atomic mass is 79.9. The Balaban J connectivity index is 1.94. The number of oxazole rings is 1. The van der Waals surface area contributed by atoms with Crippen LogP contribution in [0.15, 0.2) is 32.1 Å². The van der Waals surface area contributed by atoms with Crippen LogP contribution in [0.5, 0.6) is 5.75 Å². The molecule has 23 heavy (non-hydrogen) atoms. The van der Waals surface area contributed by atoms with Crippen molar-refractivity contribution in [2.75, 3.05) is 14.2 Å². The molecule has 0 saturated carbocycles. The highest BCUT2D eigenvalue weighted by Crippen LogP contribution is 2.22. The smallest absolute Gasteiger partial charge is 0.214 e. The second kappa shape index (κ2) is 8.01. The maximum atomic E-state index is 5.54. The lowest BCUT2D eigenvalue weighted by molar-refractivity contribution is 0.409. The van der Waals surface area contributed by atoms with Gasteiger partial charge < -0.3 is 19.8 Å². The molecule has 0 aliphatic carbocycles. The lowest BCUT2D eigenvalue weighted by Gasteiger charge is -2.13. The Labute approximate surface area is 144 Å². The minimum Gasteiger partial charge on any atom is -0.496 e. The summed E-state index contributed by atoms with van der Waals surface area (Å²) in [6.07, 6.45) is 0. The van der Waals surface area contributed by atoms with Gasteiger partial charge in [0, 0.05) is 23.6 Å². The van der Waals surface area contributed by atoms with Crippen molar-refractivity contribution in [3.63, 3.8) is 0 Å². The van der Waals surface area contributed by atoms with Crippen LogP contribution < -0.4 is 15.4 Å². The Bertz CT molecular complexity index is 678. The molecular weight excluding hydrogens is 360 g/mol. The van der Waals surface area contributed by atoms with Gasteiger partial charge in [-0.25, -0.2) is 4.98 Å². The molecule has 0 aliphatic rings. The maximum Gasteiger partial charge on any atom is 0.214 e. The van der Waals surface area contributed by atoms with E-state index in [1.165, 1.54) is 0 Å². The number of nitrogens with zero attached hydrogens (tertiary/aromatic N) is 2. The minimum absolute atomic E-state index is 0.476. The van der Waals surface area contributed by atoms with Crippen molar-refractivity contribution >= 4 is 21.9 Å². The van der Waals surface area contributed by atoms with E-state index in [1.54, 1.807) is 14.2 Å². The highest BCUT2D eigenvalue weighted by Gasteiger charge is 2.08. The molecular formula is C16H21BrN4O2. The number of aromatic nitrogens is 1. The van der Waals surface area contributed by atoms with Gasteiger partial charge in [0.25, 0.3) is 0 Å². The summed E-state index contributed by atoms with van der Waals surface area (Å²) in [5.74, 6) is 2.97. The fraction of sp³-hybridized carbons (Fsp3) is 0.375. The van der Waals surface area contributed by atoms with Gasteiger partial charge in [0.05, 0.1) is 19.3 Å². The first-order valence-electron chi connectivity index (χ1n) is 7.23. The molecule has 1 heterocycles. The van der Waals surface area contributed by atoms with Crippen LogP contribution in [0.2, 0.25) is 0 Å². The lowest BCUT2D eigenvalue weighted by Crippen LogP contribution is -2.36. The van der Waals surface area contributed by atoms with Gasteiger partial charge in [-0.2, -0.15) is 0 Å². The number of aliphatic imine (C=N–C) groups is 1. The maximum absolute atomic E-state index is 5.54. The molecule has 0 radical (unpaired) electrons. The molecule has 124 valence electrons. The predicted molar refractivity (Wildman–Crippen MR) is 93.7 cm³/mol. The summed E-state index contributed by atoms with van der Waals surface area (Å²) in [7, 11) is 3.38. The number of aryl methyl sites for hydroxylation is 2. The van der Waals surface area contributed by atoms with E-state index in [4.69, 9.17) is 9.15 Å². The standard InChI is InChI=1S/C16H21BrN4O2/c1-10-11(2)23-15(21-10)9-20-16(18-3)19-8-12-7-13(17)5-6-14(12)22-4/h5-7H,8-9H2,1-4H3,(H2,18,19,20). The van der Waals surface area contributed by atoms with E-state index in [0.29, 0.717) is 24.9 Å². The van der Waals surface area contributed by atoms with Crippen molar-refractivity contribution in [2.45, 2.75) is 26.9 Å². The SMILES string of the molecule is CN=C(NCc1nc(C)c(C)o1)NCc1cc(Br)ccc1OC. The molecule has 0 fully saturated rings. The van der Waals surface area contributed by atoms with Crippen LogP contribution in [0.4, 0.5) is 0 Å². The molecule has 1 aromatic carbocycles. The second-order valence-electron chi connectivity index (χ2n) is 4.98. The number of benzene rings is 1. The third-order valence-corrected chi connectivity index (χ3v) is 3.89. The Morgan fingerprint density at radius 3 is 2.65 bits per heavy atom. The molecule has 2 aromatic rings. The largest absolute Gasteiger partial charge is 0.496 e. The van der Waals surface area contributed by atoms with Crippen molar-refractivity contribution in [1.82, 2.24) is 15.6 Å². The van der Waals surface area contributed by atoms with Gasteiger partial charge in [0.15, 0.2) is 5.96 Å². The quantitative estimate of drug-likeness (QED) is 0.616. The first kappa shape index (κ1) is 17.3. The fourth-order valence-electron chi connectivity index (χ4n) is 2.06. The van der Waals surface area contributed by atoms with Crippen molar-refractivity contribution < 1.29 is 9.15 Å². The van der Waals surface area contributed by atoms with Crippen LogP contribution >= 0.6 is 15.9 Å². The number of guanidine groups is 1. The van der Waals surface area contributed by atoms with E-state index in [9.17, 15) is 0 Å². The van der Waals surface area contributed by atoms with E-state index in [-0.39, 0.29) is 0 Å². The fourth-order valence-corrected chi connectivity index (χ4v) is 2.47. The Morgan fingerprint density at radius 1 is 1.30 bits per heavy atom. The summed E-state index contributed by atoms with van der Waals surface area (Å²) in [5.41, 5.74) is 1.94. The summed E-state index contributed by atoms with van der Waals surface area (Å²) < 4.78 is 11.9. The van der Waals surface area contributed by atoms with Crippen molar-refractivity contribution in [2.24, 2.45) is 4.99 Å². The Morgan fingerprint density at radius 2 is 2.04 bits per heavy atom. The Kier molecular flexibility index (Phi) is 6.04. The second-order valence-corrected chi connectivity index (χ2v) is 5.90. The third-order valence-electron chi connectivity index (χ3n) is 3.39. The molecule has 7 heteroatoms. The predicted octanol–water partition coefficient (Wildman–Crippen LogP) is 2.93. The van der Waals surface area contributed by atoms with Gasteiger partial charge in [0.1, 0.15) is 11.5 Å². The highest BCUT2D eigenvalue weighted by molar-refractivity contribution is 9.10. The zero-order valence-corrected chi connectivity index (χ0v) is 15.3. The molecule has 0 spiro atoms. The number of halogens is 1. The van der Waals surface area contributed by atoms with Crippen LogP contribution in [-0.2, 0) is 13.1 Å². The van der Waals surface area contributed by atoms with E-state index >= 15 is 0 Å². The van der Waals surface area contributed by atoms with Crippen LogP contribution in [0, 0.1) is 13.8 Å². The molecule has 0 saturated heterocycles. The monoisotopic (exact) mass is 380 g/mol. The van der Waals surface area contributed by atoms with Gasteiger partial charge >= 0.3 is 0 Å². The number of methoxy groups -OCH3 is 1. The average molecular weight is 381 g/mol. The van der Waals surface area contributed by atoms with Gasteiger partial charge in [-0.1, -0.05) is 15.9 Å². The van der Waals surface area contributed by atoms with Crippen LogP contribution in [-0.4, -0.2) is 25.1 Å². The molecule has 2 rings (SSSR count). The topological polar surface area (TPSA) is 71.7 Å².